The van der Waals surface area contributed by atoms with E-state index < -0.39 is 18.4 Å². The zero-order valence-electron chi connectivity index (χ0n) is 10.0. The number of benzene rings is 1. The number of carbonyl (C=O) groups is 1. The molecule has 0 radical (unpaired) electrons. The van der Waals surface area contributed by atoms with Crippen molar-refractivity contribution in [1.29, 1.82) is 0 Å². The normalized spacial score (nSPS) is 23.8. The Balaban J connectivity index is 1.88. The monoisotopic (exact) mass is 251 g/mol. The molecule has 1 aliphatic rings. The van der Waals surface area contributed by atoms with E-state index in [1.807, 2.05) is 30.3 Å². The molecule has 1 aromatic carbocycles. The number of aliphatic hydroxyl groups excluding tert-OH is 2. The zero-order chi connectivity index (χ0) is 13.0. The maximum atomic E-state index is 11.8. The summed E-state index contributed by atoms with van der Waals surface area (Å²) in [7, 11) is 0. The summed E-state index contributed by atoms with van der Waals surface area (Å²) in [6, 6.07) is 9.32. The predicted molar refractivity (Wildman–Crippen MR) is 64.6 cm³/mol. The maximum absolute atomic E-state index is 11.8. The molecule has 2 unspecified atom stereocenters. The van der Waals surface area contributed by atoms with Crippen molar-refractivity contribution in [2.24, 2.45) is 0 Å². The first-order chi connectivity index (χ1) is 8.68. The lowest BCUT2D eigenvalue weighted by molar-refractivity contribution is -0.0982. The van der Waals surface area contributed by atoms with Crippen molar-refractivity contribution in [2.75, 3.05) is 6.54 Å². The Morgan fingerprint density at radius 3 is 2.78 bits per heavy atom. The van der Waals surface area contributed by atoms with Gasteiger partial charge in [-0.3, -0.25) is 4.90 Å². The van der Waals surface area contributed by atoms with Crippen LogP contribution in [0.25, 0.3) is 0 Å². The third-order valence-corrected chi connectivity index (χ3v) is 3.00. The highest BCUT2D eigenvalue weighted by molar-refractivity contribution is 5.68. The summed E-state index contributed by atoms with van der Waals surface area (Å²) in [5, 5.41) is 19.2. The Kier molecular flexibility index (Phi) is 4.17. The summed E-state index contributed by atoms with van der Waals surface area (Å²) in [6.07, 6.45) is -1.47. The van der Waals surface area contributed by atoms with E-state index in [1.165, 1.54) is 0 Å². The van der Waals surface area contributed by atoms with Crippen molar-refractivity contribution in [3.8, 4) is 0 Å². The highest BCUT2D eigenvalue weighted by atomic mass is 16.6. The standard InChI is InChI=1S/C13H17NO4/c15-11-7-4-8-14(12(11)16)13(17)18-9-10-5-2-1-3-6-10/h1-3,5-6,11-12,15-16H,4,7-9H2. The fourth-order valence-electron chi connectivity index (χ4n) is 1.96. The minimum Gasteiger partial charge on any atom is -0.444 e. The molecule has 1 aromatic rings. The van der Waals surface area contributed by atoms with E-state index >= 15 is 0 Å². The molecule has 0 bridgehead atoms. The van der Waals surface area contributed by atoms with E-state index in [1.54, 1.807) is 0 Å². The molecule has 1 aliphatic heterocycles. The molecule has 98 valence electrons. The molecule has 2 rings (SSSR count). The molecule has 1 heterocycles. The SMILES string of the molecule is O=C(OCc1ccccc1)N1CCCC(O)C1O. The molecule has 0 spiro atoms. The van der Waals surface area contributed by atoms with Gasteiger partial charge in [-0.1, -0.05) is 30.3 Å². The van der Waals surface area contributed by atoms with Crippen molar-refractivity contribution in [3.05, 3.63) is 35.9 Å². The average molecular weight is 251 g/mol. The van der Waals surface area contributed by atoms with Crippen LogP contribution in [-0.4, -0.2) is 40.1 Å². The Morgan fingerprint density at radius 2 is 2.06 bits per heavy atom. The van der Waals surface area contributed by atoms with Crippen molar-refractivity contribution in [3.63, 3.8) is 0 Å². The lowest BCUT2D eigenvalue weighted by Crippen LogP contribution is -2.51. The van der Waals surface area contributed by atoms with Crippen LogP contribution in [-0.2, 0) is 11.3 Å². The van der Waals surface area contributed by atoms with Crippen LogP contribution in [0.15, 0.2) is 30.3 Å². The second-order valence-electron chi connectivity index (χ2n) is 4.36. The van der Waals surface area contributed by atoms with Gasteiger partial charge in [-0.05, 0) is 18.4 Å². The second-order valence-corrected chi connectivity index (χ2v) is 4.36. The molecule has 2 atom stereocenters. The van der Waals surface area contributed by atoms with Gasteiger partial charge in [-0.2, -0.15) is 0 Å². The summed E-state index contributed by atoms with van der Waals surface area (Å²) < 4.78 is 5.10. The second kappa shape index (κ2) is 5.84. The van der Waals surface area contributed by atoms with Gasteiger partial charge in [0.1, 0.15) is 6.61 Å². The van der Waals surface area contributed by atoms with E-state index in [0.29, 0.717) is 19.4 Å². The largest absolute Gasteiger partial charge is 0.444 e. The Hall–Kier alpha value is -1.59. The summed E-state index contributed by atoms with van der Waals surface area (Å²) in [5.74, 6) is 0. The molecule has 5 nitrogen and oxygen atoms in total. The van der Waals surface area contributed by atoms with Gasteiger partial charge in [0.05, 0.1) is 6.10 Å². The van der Waals surface area contributed by atoms with Crippen LogP contribution in [0.4, 0.5) is 4.79 Å². The minimum absolute atomic E-state index is 0.166. The lowest BCUT2D eigenvalue weighted by Gasteiger charge is -2.34. The number of ether oxygens (including phenoxy) is 1. The first-order valence-electron chi connectivity index (χ1n) is 6.02. The Morgan fingerprint density at radius 1 is 1.33 bits per heavy atom. The van der Waals surface area contributed by atoms with Gasteiger partial charge in [0.2, 0.25) is 0 Å². The first-order valence-corrected chi connectivity index (χ1v) is 6.02. The maximum Gasteiger partial charge on any atom is 0.412 e. The number of likely N-dealkylation sites (tertiary alicyclic amines) is 1. The molecule has 5 heteroatoms. The van der Waals surface area contributed by atoms with E-state index in [9.17, 15) is 15.0 Å². The van der Waals surface area contributed by atoms with E-state index in [-0.39, 0.29) is 6.61 Å². The Bertz CT molecular complexity index is 395. The molecule has 1 saturated heterocycles. The highest BCUT2D eigenvalue weighted by Crippen LogP contribution is 2.17. The van der Waals surface area contributed by atoms with Gasteiger partial charge < -0.3 is 14.9 Å². The van der Waals surface area contributed by atoms with Crippen molar-refractivity contribution in [1.82, 2.24) is 4.90 Å². The summed E-state index contributed by atoms with van der Waals surface area (Å²) >= 11 is 0. The van der Waals surface area contributed by atoms with Gasteiger partial charge in [0.25, 0.3) is 0 Å². The van der Waals surface area contributed by atoms with Crippen LogP contribution in [0.5, 0.6) is 0 Å². The van der Waals surface area contributed by atoms with Crippen LogP contribution < -0.4 is 0 Å². The van der Waals surface area contributed by atoms with Crippen LogP contribution in [0.2, 0.25) is 0 Å². The van der Waals surface area contributed by atoms with Gasteiger partial charge in [0, 0.05) is 6.54 Å². The summed E-state index contributed by atoms with van der Waals surface area (Å²) in [4.78, 5) is 12.9. The minimum atomic E-state index is -1.16. The molecular weight excluding hydrogens is 234 g/mol. The van der Waals surface area contributed by atoms with Crippen molar-refractivity contribution in [2.45, 2.75) is 31.8 Å². The molecular formula is C13H17NO4. The van der Waals surface area contributed by atoms with Crippen LogP contribution in [0, 0.1) is 0 Å². The number of carbonyl (C=O) groups excluding carboxylic acids is 1. The lowest BCUT2D eigenvalue weighted by atomic mass is 10.1. The number of rotatable bonds is 2. The van der Waals surface area contributed by atoms with E-state index in [2.05, 4.69) is 0 Å². The molecule has 18 heavy (non-hydrogen) atoms. The van der Waals surface area contributed by atoms with Gasteiger partial charge in [0.15, 0.2) is 6.23 Å². The van der Waals surface area contributed by atoms with Crippen LogP contribution in [0.3, 0.4) is 0 Å². The third-order valence-electron chi connectivity index (χ3n) is 3.00. The van der Waals surface area contributed by atoms with Crippen LogP contribution in [0.1, 0.15) is 18.4 Å². The quantitative estimate of drug-likeness (QED) is 0.825. The number of aliphatic hydroxyl groups is 2. The molecule has 0 saturated carbocycles. The number of amides is 1. The zero-order valence-corrected chi connectivity index (χ0v) is 10.0. The van der Waals surface area contributed by atoms with Gasteiger partial charge in [-0.15, -0.1) is 0 Å². The average Bonchev–Trinajstić information content (AvgIpc) is 2.40. The number of nitrogens with zero attached hydrogens (tertiary/aromatic N) is 1. The van der Waals surface area contributed by atoms with Crippen molar-refractivity contribution < 1.29 is 19.7 Å². The predicted octanol–water partition coefficient (Wildman–Crippen LogP) is 1.10. The third kappa shape index (κ3) is 3.00. The van der Waals surface area contributed by atoms with Crippen LogP contribution >= 0.6 is 0 Å². The van der Waals surface area contributed by atoms with Gasteiger partial charge in [-0.25, -0.2) is 4.79 Å². The summed E-state index contributed by atoms with van der Waals surface area (Å²) in [5.41, 5.74) is 0.887. The number of hydrogen-bond acceptors (Lipinski definition) is 4. The molecule has 0 aliphatic carbocycles. The molecule has 0 aromatic heterocycles. The smallest absolute Gasteiger partial charge is 0.412 e. The number of hydrogen-bond donors (Lipinski definition) is 2. The fourth-order valence-corrected chi connectivity index (χ4v) is 1.96. The molecule has 2 N–H and O–H groups in total. The van der Waals surface area contributed by atoms with E-state index in [0.717, 1.165) is 10.5 Å². The summed E-state index contributed by atoms with van der Waals surface area (Å²) in [6.45, 7) is 0.574. The van der Waals surface area contributed by atoms with Crippen molar-refractivity contribution >= 4 is 6.09 Å². The van der Waals surface area contributed by atoms with Gasteiger partial charge >= 0.3 is 6.09 Å². The van der Waals surface area contributed by atoms with E-state index in [4.69, 9.17) is 4.74 Å². The first kappa shape index (κ1) is 12.9. The fraction of sp³-hybridized carbons (Fsp3) is 0.462. The number of piperidine rings is 1. The Labute approximate surface area is 106 Å². The molecule has 1 fully saturated rings. The topological polar surface area (TPSA) is 70.0 Å². The molecule has 1 amide bonds. The highest BCUT2D eigenvalue weighted by Gasteiger charge is 2.32.